The number of ether oxygens (including phenoxy) is 1. The Bertz CT molecular complexity index is 1570. The number of hydrogen-bond acceptors (Lipinski definition) is 10. The molecule has 0 saturated carbocycles. The van der Waals surface area contributed by atoms with Gasteiger partial charge in [-0.1, -0.05) is 11.6 Å². The van der Waals surface area contributed by atoms with E-state index < -0.39 is 12.3 Å². The van der Waals surface area contributed by atoms with Gasteiger partial charge in [0.15, 0.2) is 11.5 Å². The zero-order chi connectivity index (χ0) is 24.6. The number of hydrogen-bond donors (Lipinski definition) is 2. The van der Waals surface area contributed by atoms with E-state index in [-0.39, 0.29) is 13.0 Å². The Morgan fingerprint density at radius 1 is 1.11 bits per heavy atom. The summed E-state index contributed by atoms with van der Waals surface area (Å²) in [5.41, 5.74) is 2.33. The molecule has 0 radical (unpaired) electrons. The van der Waals surface area contributed by atoms with Gasteiger partial charge in [0.05, 0.1) is 11.2 Å². The number of aromatic nitrogens is 7. The number of alkyl halides is 1. The van der Waals surface area contributed by atoms with Gasteiger partial charge in [-0.15, -0.1) is 0 Å². The number of piperidine rings is 1. The number of aliphatic hydroxyl groups is 1. The van der Waals surface area contributed by atoms with Crippen molar-refractivity contribution in [3.8, 4) is 11.5 Å². The number of pyridine rings is 1. The number of fused-ring (bicyclic) bond motifs is 2. The average molecular weight is 508 g/mol. The topological polar surface area (TPSA) is 126 Å². The predicted octanol–water partition coefficient (Wildman–Crippen LogP) is 3.56. The van der Waals surface area contributed by atoms with Crippen molar-refractivity contribution in [1.29, 1.82) is 0 Å². The van der Waals surface area contributed by atoms with Crippen LogP contribution in [0.5, 0.6) is 11.5 Å². The Balaban J connectivity index is 1.24. The van der Waals surface area contributed by atoms with E-state index in [2.05, 4.69) is 35.3 Å². The van der Waals surface area contributed by atoms with E-state index in [0.717, 1.165) is 0 Å². The fourth-order valence-corrected chi connectivity index (χ4v) is 4.18. The first kappa shape index (κ1) is 22.3. The average Bonchev–Trinajstić information content (AvgIpc) is 3.35. The first-order valence-corrected chi connectivity index (χ1v) is 11.5. The highest BCUT2D eigenvalue weighted by Gasteiger charge is 2.29. The standard InChI is InChI=1S/C23H19ClFN9O2/c24-15-7-13(1-2-19(15)36-14-3-6-34-20(8-14)28-12-30-34)31-22-21-17(27-11-29-22)9-26-23(32-21)33-5-4-16(25)18(35)10-33/h1-3,6-9,11-12,16,18,35H,4-5,10H2,(H,27,29,31)/t16-,18-/m0/s1. The maximum atomic E-state index is 13.7. The molecule has 13 heteroatoms. The first-order valence-electron chi connectivity index (χ1n) is 11.1. The molecule has 2 N–H and O–H groups in total. The van der Waals surface area contributed by atoms with Gasteiger partial charge >= 0.3 is 0 Å². The SMILES string of the molecule is O[C@H]1CN(c2ncc3ncnc(Nc4ccc(Oc5ccn6ncnc6c5)c(Cl)c4)c3n2)CC[C@@H]1F. The molecule has 182 valence electrons. The largest absolute Gasteiger partial charge is 0.456 e. The van der Waals surface area contributed by atoms with Crippen LogP contribution >= 0.6 is 11.6 Å². The van der Waals surface area contributed by atoms with Gasteiger partial charge in [-0.25, -0.2) is 33.8 Å². The maximum Gasteiger partial charge on any atom is 0.226 e. The molecule has 2 atom stereocenters. The Morgan fingerprint density at radius 2 is 2.03 bits per heavy atom. The smallest absolute Gasteiger partial charge is 0.226 e. The van der Waals surface area contributed by atoms with Crippen LogP contribution in [-0.2, 0) is 0 Å². The second-order valence-electron chi connectivity index (χ2n) is 8.24. The molecule has 0 bridgehead atoms. The molecular formula is C23H19ClFN9O2. The molecule has 1 saturated heterocycles. The molecule has 36 heavy (non-hydrogen) atoms. The summed E-state index contributed by atoms with van der Waals surface area (Å²) >= 11 is 6.50. The summed E-state index contributed by atoms with van der Waals surface area (Å²) in [5, 5.41) is 17.6. The number of halogens is 2. The van der Waals surface area contributed by atoms with Gasteiger partial charge in [-0.3, -0.25) is 0 Å². The van der Waals surface area contributed by atoms with Crippen LogP contribution in [0.4, 0.5) is 21.8 Å². The summed E-state index contributed by atoms with van der Waals surface area (Å²) < 4.78 is 21.2. The third-order valence-electron chi connectivity index (χ3n) is 5.82. The zero-order valence-electron chi connectivity index (χ0n) is 18.7. The lowest BCUT2D eigenvalue weighted by Crippen LogP contribution is -2.45. The normalized spacial score (nSPS) is 18.0. The molecule has 1 aliphatic heterocycles. The molecule has 1 aromatic carbocycles. The van der Waals surface area contributed by atoms with Gasteiger partial charge in [-0.05, 0) is 30.7 Å². The van der Waals surface area contributed by atoms with Crippen molar-refractivity contribution in [2.45, 2.75) is 18.7 Å². The highest BCUT2D eigenvalue weighted by molar-refractivity contribution is 6.32. The van der Waals surface area contributed by atoms with Crippen molar-refractivity contribution in [3.05, 3.63) is 60.4 Å². The molecule has 1 fully saturated rings. The van der Waals surface area contributed by atoms with Gasteiger partial charge in [0.2, 0.25) is 5.95 Å². The van der Waals surface area contributed by atoms with Gasteiger partial charge in [-0.2, -0.15) is 5.10 Å². The number of benzene rings is 1. The van der Waals surface area contributed by atoms with E-state index >= 15 is 0 Å². The Morgan fingerprint density at radius 3 is 2.89 bits per heavy atom. The summed E-state index contributed by atoms with van der Waals surface area (Å²) in [6, 6.07) is 8.78. The van der Waals surface area contributed by atoms with Gasteiger partial charge < -0.3 is 20.1 Å². The van der Waals surface area contributed by atoms with Crippen LogP contribution in [0.1, 0.15) is 6.42 Å². The molecule has 6 rings (SSSR count). The molecule has 5 heterocycles. The second kappa shape index (κ2) is 9.13. The van der Waals surface area contributed by atoms with Crippen LogP contribution in [-0.4, -0.2) is 65.0 Å². The van der Waals surface area contributed by atoms with Crippen LogP contribution in [0.2, 0.25) is 5.02 Å². The number of nitrogens with zero attached hydrogens (tertiary/aromatic N) is 8. The second-order valence-corrected chi connectivity index (χ2v) is 8.65. The molecule has 1 aliphatic rings. The minimum absolute atomic E-state index is 0.115. The number of rotatable bonds is 5. The van der Waals surface area contributed by atoms with Crippen molar-refractivity contribution >= 4 is 45.7 Å². The van der Waals surface area contributed by atoms with E-state index in [1.807, 2.05) is 0 Å². The quantitative estimate of drug-likeness (QED) is 0.364. The van der Waals surface area contributed by atoms with Crippen LogP contribution in [0.3, 0.4) is 0 Å². The van der Waals surface area contributed by atoms with E-state index in [4.69, 9.17) is 16.3 Å². The van der Waals surface area contributed by atoms with Gasteiger partial charge in [0.1, 0.15) is 47.5 Å². The monoisotopic (exact) mass is 507 g/mol. The van der Waals surface area contributed by atoms with Crippen LogP contribution in [0.15, 0.2) is 55.4 Å². The Kier molecular flexibility index (Phi) is 5.66. The minimum atomic E-state index is -1.25. The summed E-state index contributed by atoms with van der Waals surface area (Å²) in [7, 11) is 0. The highest BCUT2D eigenvalue weighted by atomic mass is 35.5. The summed E-state index contributed by atoms with van der Waals surface area (Å²) in [6.45, 7) is 0.519. The fraction of sp³-hybridized carbons (Fsp3) is 0.217. The summed E-state index contributed by atoms with van der Waals surface area (Å²) in [5.74, 6) is 1.87. The fourth-order valence-electron chi connectivity index (χ4n) is 3.96. The highest BCUT2D eigenvalue weighted by Crippen LogP contribution is 2.33. The van der Waals surface area contributed by atoms with Crippen molar-refractivity contribution in [2.24, 2.45) is 0 Å². The molecule has 0 aliphatic carbocycles. The van der Waals surface area contributed by atoms with Crippen LogP contribution in [0.25, 0.3) is 16.7 Å². The first-order chi connectivity index (χ1) is 17.5. The lowest BCUT2D eigenvalue weighted by atomic mass is 10.1. The molecule has 0 spiro atoms. The number of anilines is 3. The predicted molar refractivity (Wildman–Crippen MR) is 131 cm³/mol. The number of nitrogens with one attached hydrogen (secondary N) is 1. The molecule has 11 nitrogen and oxygen atoms in total. The number of β-amino-alcohol motifs (C(OH)–C–C–N with tert-alkyl or cyclic N) is 1. The van der Waals surface area contributed by atoms with Crippen molar-refractivity contribution < 1.29 is 14.2 Å². The van der Waals surface area contributed by atoms with Crippen molar-refractivity contribution in [1.82, 2.24) is 34.5 Å². The number of aliphatic hydroxyl groups excluding tert-OH is 1. The Labute approximate surface area is 208 Å². The Hall–Kier alpha value is -4.16. The van der Waals surface area contributed by atoms with Gasteiger partial charge in [0.25, 0.3) is 0 Å². The summed E-state index contributed by atoms with van der Waals surface area (Å²) in [4.78, 5) is 23.4. The third kappa shape index (κ3) is 4.32. The van der Waals surface area contributed by atoms with E-state index in [0.29, 0.717) is 57.2 Å². The van der Waals surface area contributed by atoms with Crippen LogP contribution < -0.4 is 15.0 Å². The zero-order valence-corrected chi connectivity index (χ0v) is 19.4. The van der Waals surface area contributed by atoms with Gasteiger partial charge in [0, 0.05) is 31.0 Å². The van der Waals surface area contributed by atoms with Crippen molar-refractivity contribution in [2.75, 3.05) is 23.3 Å². The molecular weight excluding hydrogens is 489 g/mol. The summed E-state index contributed by atoms with van der Waals surface area (Å²) in [6.07, 6.45) is 4.08. The molecule has 0 unspecified atom stereocenters. The maximum absolute atomic E-state index is 13.7. The lowest BCUT2D eigenvalue weighted by Gasteiger charge is -2.32. The third-order valence-corrected chi connectivity index (χ3v) is 6.12. The van der Waals surface area contributed by atoms with E-state index in [9.17, 15) is 9.50 Å². The minimum Gasteiger partial charge on any atom is -0.456 e. The van der Waals surface area contributed by atoms with E-state index in [1.165, 1.54) is 12.7 Å². The van der Waals surface area contributed by atoms with Crippen LogP contribution in [0, 0.1) is 0 Å². The molecule has 4 aromatic heterocycles. The lowest BCUT2D eigenvalue weighted by molar-refractivity contribution is 0.0640. The van der Waals surface area contributed by atoms with Crippen molar-refractivity contribution in [3.63, 3.8) is 0 Å². The molecule has 0 amide bonds. The molecule has 5 aromatic rings. The van der Waals surface area contributed by atoms with E-state index in [1.54, 1.807) is 52.1 Å².